The topological polar surface area (TPSA) is 20.2 Å². The Morgan fingerprint density at radius 1 is 1.14 bits per heavy atom. The van der Waals surface area contributed by atoms with Gasteiger partial charge in [0.25, 0.3) is 0 Å². The molecule has 3 fully saturated rings. The van der Waals surface area contributed by atoms with Gasteiger partial charge in [-0.2, -0.15) is 0 Å². The monoisotopic (exact) mass is 372 g/mol. The van der Waals surface area contributed by atoms with E-state index in [4.69, 9.17) is 0 Å². The Labute approximate surface area is 169 Å². The lowest BCUT2D eigenvalue weighted by molar-refractivity contribution is 0.106. The van der Waals surface area contributed by atoms with Crippen LogP contribution in [-0.4, -0.2) is 11.7 Å². The molecule has 1 aromatic carbocycles. The van der Waals surface area contributed by atoms with E-state index in [1.165, 1.54) is 50.5 Å². The van der Waals surface area contributed by atoms with Gasteiger partial charge in [0.05, 0.1) is 6.61 Å². The molecule has 0 amide bonds. The van der Waals surface area contributed by atoms with Crippen molar-refractivity contribution in [2.45, 2.75) is 57.8 Å². The lowest BCUT2D eigenvalue weighted by atomic mass is 9.53. The summed E-state index contributed by atoms with van der Waals surface area (Å²) in [4.78, 5) is 0. The summed E-state index contributed by atoms with van der Waals surface area (Å²) in [6.07, 6.45) is 14.2. The molecule has 5 aliphatic rings. The van der Waals surface area contributed by atoms with Crippen molar-refractivity contribution < 1.29 is 5.11 Å². The summed E-state index contributed by atoms with van der Waals surface area (Å²) in [6, 6.07) is 11.4. The number of benzene rings is 1. The third-order valence-electron chi connectivity index (χ3n) is 9.02. The normalized spacial score (nSPS) is 42.4. The summed E-state index contributed by atoms with van der Waals surface area (Å²) in [6.45, 7) is 2.81. The zero-order chi connectivity index (χ0) is 18.9. The lowest BCUT2D eigenvalue weighted by Gasteiger charge is -2.51. The van der Waals surface area contributed by atoms with Crippen LogP contribution < -0.4 is 0 Å². The van der Waals surface area contributed by atoms with Gasteiger partial charge in [0.15, 0.2) is 0 Å². The highest BCUT2D eigenvalue weighted by Crippen LogP contribution is 2.66. The molecule has 0 bridgehead atoms. The van der Waals surface area contributed by atoms with Crippen molar-refractivity contribution in [1.82, 2.24) is 0 Å². The van der Waals surface area contributed by atoms with E-state index in [9.17, 15) is 5.11 Å². The number of allylic oxidation sites excluding steroid dienone is 5. The Morgan fingerprint density at radius 3 is 2.82 bits per heavy atom. The number of aliphatic hydroxyl groups is 1. The minimum atomic E-state index is 0.201. The first-order valence-corrected chi connectivity index (χ1v) is 11.5. The maximum absolute atomic E-state index is 9.38. The number of hydrogen-bond donors (Lipinski definition) is 1. The molecule has 1 aromatic rings. The summed E-state index contributed by atoms with van der Waals surface area (Å²) < 4.78 is 0. The first-order chi connectivity index (χ1) is 13.7. The molecule has 1 heteroatoms. The maximum atomic E-state index is 9.38. The van der Waals surface area contributed by atoms with Crippen molar-refractivity contribution in [2.24, 2.45) is 29.1 Å². The van der Waals surface area contributed by atoms with Crippen LogP contribution in [0.5, 0.6) is 0 Å². The fourth-order valence-corrected chi connectivity index (χ4v) is 7.76. The fraction of sp³-hybridized carbons (Fsp3) is 0.556. The lowest BCUT2D eigenvalue weighted by Crippen LogP contribution is -2.40. The third kappa shape index (κ3) is 2.41. The van der Waals surface area contributed by atoms with E-state index in [-0.39, 0.29) is 6.61 Å². The summed E-state index contributed by atoms with van der Waals surface area (Å²) in [5.74, 6) is 3.65. The van der Waals surface area contributed by atoms with Gasteiger partial charge in [-0.25, -0.2) is 0 Å². The molecule has 6 rings (SSSR count). The highest BCUT2D eigenvalue weighted by atomic mass is 16.2. The Balaban J connectivity index is 1.48. The zero-order valence-electron chi connectivity index (χ0n) is 17.0. The van der Waals surface area contributed by atoms with Gasteiger partial charge in [0.1, 0.15) is 0 Å². The van der Waals surface area contributed by atoms with Crippen molar-refractivity contribution >= 4 is 0 Å². The minimum Gasteiger partial charge on any atom is -0.392 e. The van der Waals surface area contributed by atoms with Crippen LogP contribution in [0, 0.1) is 29.1 Å². The molecule has 5 aliphatic carbocycles. The van der Waals surface area contributed by atoms with Crippen LogP contribution in [0.15, 0.2) is 64.8 Å². The van der Waals surface area contributed by atoms with Gasteiger partial charge in [0.2, 0.25) is 0 Å². The van der Waals surface area contributed by atoms with Crippen LogP contribution in [0.25, 0.3) is 0 Å². The molecular weight excluding hydrogens is 340 g/mol. The highest BCUT2D eigenvalue weighted by Gasteiger charge is 2.54. The average molecular weight is 373 g/mol. The minimum absolute atomic E-state index is 0.201. The van der Waals surface area contributed by atoms with Crippen LogP contribution in [0.1, 0.15) is 63.4 Å². The van der Waals surface area contributed by atoms with Crippen molar-refractivity contribution in [3.63, 3.8) is 0 Å². The molecule has 6 atom stereocenters. The van der Waals surface area contributed by atoms with Gasteiger partial charge in [-0.15, -0.1) is 0 Å². The predicted octanol–water partition coefficient (Wildman–Crippen LogP) is 6.18. The molecule has 1 nitrogen and oxygen atoms in total. The predicted molar refractivity (Wildman–Crippen MR) is 114 cm³/mol. The first kappa shape index (κ1) is 17.3. The second-order valence-electron chi connectivity index (χ2n) is 10.3. The van der Waals surface area contributed by atoms with E-state index in [0.717, 1.165) is 11.8 Å². The number of hydrogen-bond acceptors (Lipinski definition) is 1. The Bertz CT molecular complexity index is 888. The fourth-order valence-electron chi connectivity index (χ4n) is 7.76. The molecule has 1 N–H and O–H groups in total. The molecule has 146 valence electrons. The summed E-state index contributed by atoms with van der Waals surface area (Å²) >= 11 is 0. The Hall–Kier alpha value is -1.60. The van der Waals surface area contributed by atoms with E-state index in [1.807, 2.05) is 5.57 Å². The Morgan fingerprint density at radius 2 is 2.00 bits per heavy atom. The molecule has 0 spiro atoms. The summed E-state index contributed by atoms with van der Waals surface area (Å²) in [5.41, 5.74) is 8.83. The van der Waals surface area contributed by atoms with Crippen LogP contribution in [0.3, 0.4) is 0 Å². The van der Waals surface area contributed by atoms with Gasteiger partial charge in [-0.3, -0.25) is 0 Å². The van der Waals surface area contributed by atoms with E-state index < -0.39 is 0 Å². The summed E-state index contributed by atoms with van der Waals surface area (Å²) in [7, 11) is 0. The first-order valence-electron chi connectivity index (χ1n) is 11.5. The van der Waals surface area contributed by atoms with Crippen molar-refractivity contribution in [3.8, 4) is 0 Å². The largest absolute Gasteiger partial charge is 0.392 e. The molecule has 0 radical (unpaired) electrons. The van der Waals surface area contributed by atoms with Crippen molar-refractivity contribution in [3.05, 3.63) is 70.3 Å². The standard InChI is InChI=1S/C27H32O/c1-27-12-5-8-25(27)20-10-9-18-14-22-19(11-13-28)23(22)15-21(18)26(20)24(16-27)17-6-3-2-4-7-17/h2-4,6-7,11,14,20,22-25,28H,5,8-10,12-13,15-16H2,1H3/t20-,22?,23?,24+,25-,27-/m0/s1. The van der Waals surface area contributed by atoms with Gasteiger partial charge < -0.3 is 5.11 Å². The SMILES string of the molecule is C[C@@]12CCC[C@H]1[C@@H]1CCC3=CC4C(=CCO)C4CC3=C1[C@@H](c1ccccc1)C2. The number of fused-ring (bicyclic) bond motifs is 5. The summed E-state index contributed by atoms with van der Waals surface area (Å²) in [5, 5.41) is 9.38. The molecule has 0 heterocycles. The zero-order valence-corrected chi connectivity index (χ0v) is 17.0. The van der Waals surface area contributed by atoms with E-state index in [0.29, 0.717) is 23.2 Å². The quantitative estimate of drug-likeness (QED) is 0.614. The van der Waals surface area contributed by atoms with Crippen molar-refractivity contribution in [2.75, 3.05) is 6.61 Å². The number of rotatable bonds is 2. The van der Waals surface area contributed by atoms with Crippen molar-refractivity contribution in [1.29, 1.82) is 0 Å². The number of aliphatic hydroxyl groups excluding tert-OH is 1. The van der Waals surface area contributed by atoms with E-state index >= 15 is 0 Å². The molecule has 28 heavy (non-hydrogen) atoms. The molecular formula is C27H32O. The molecule has 0 aliphatic heterocycles. The van der Waals surface area contributed by atoms with Crippen LogP contribution in [-0.2, 0) is 0 Å². The second-order valence-corrected chi connectivity index (χ2v) is 10.3. The van der Waals surface area contributed by atoms with E-state index in [1.54, 1.807) is 16.7 Å². The second kappa shape index (κ2) is 6.20. The van der Waals surface area contributed by atoms with Gasteiger partial charge >= 0.3 is 0 Å². The average Bonchev–Trinajstić information content (AvgIpc) is 3.22. The van der Waals surface area contributed by atoms with Gasteiger partial charge in [0, 0.05) is 11.8 Å². The molecule has 2 unspecified atom stereocenters. The molecule has 3 saturated carbocycles. The van der Waals surface area contributed by atoms with Gasteiger partial charge in [-0.05, 0) is 78.4 Å². The van der Waals surface area contributed by atoms with Crippen LogP contribution >= 0.6 is 0 Å². The molecule has 0 aromatic heterocycles. The highest BCUT2D eigenvalue weighted by molar-refractivity contribution is 5.54. The third-order valence-corrected chi connectivity index (χ3v) is 9.02. The maximum Gasteiger partial charge on any atom is 0.0615 e. The smallest absolute Gasteiger partial charge is 0.0615 e. The Kier molecular flexibility index (Phi) is 3.82. The van der Waals surface area contributed by atoms with Crippen LogP contribution in [0.2, 0.25) is 0 Å². The van der Waals surface area contributed by atoms with Gasteiger partial charge in [-0.1, -0.05) is 67.0 Å². The molecule has 0 saturated heterocycles. The van der Waals surface area contributed by atoms with E-state index in [2.05, 4.69) is 49.4 Å². The van der Waals surface area contributed by atoms with Crippen LogP contribution in [0.4, 0.5) is 0 Å².